The largest absolute Gasteiger partial charge is 0.447 e. The number of hydrogen-bond donors (Lipinski definition) is 1. The Bertz CT molecular complexity index is 905. The highest BCUT2D eigenvalue weighted by atomic mass is 16.6. The predicted octanol–water partition coefficient (Wildman–Crippen LogP) is 5.68. The fourth-order valence-corrected chi connectivity index (χ4v) is 2.88. The van der Waals surface area contributed by atoms with Gasteiger partial charge in [-0.2, -0.15) is 0 Å². The molecule has 3 rings (SSSR count). The first kappa shape index (κ1) is 17.7. The molecule has 0 fully saturated rings. The van der Waals surface area contributed by atoms with Gasteiger partial charge in [0.2, 0.25) is 0 Å². The van der Waals surface area contributed by atoms with Crippen LogP contribution in [0.2, 0.25) is 0 Å². The maximum Gasteiger partial charge on any atom is 0.411 e. The number of nitrogens with zero attached hydrogens (tertiary/aromatic N) is 1. The monoisotopic (exact) mass is 346 g/mol. The van der Waals surface area contributed by atoms with E-state index in [1.165, 1.54) is 0 Å². The molecule has 2 aromatic carbocycles. The second-order valence-corrected chi connectivity index (χ2v) is 6.37. The van der Waals surface area contributed by atoms with Crippen molar-refractivity contribution >= 4 is 11.8 Å². The molecule has 1 amide bonds. The van der Waals surface area contributed by atoms with Crippen LogP contribution in [0.15, 0.2) is 66.9 Å². The number of ether oxygens (including phenoxy) is 1. The highest BCUT2D eigenvalue weighted by Gasteiger charge is 2.12. The number of rotatable bonds is 4. The summed E-state index contributed by atoms with van der Waals surface area (Å²) in [5, 5.41) is 2.78. The fourth-order valence-electron chi connectivity index (χ4n) is 2.88. The maximum absolute atomic E-state index is 11.9. The van der Waals surface area contributed by atoms with Crippen molar-refractivity contribution in [2.75, 3.05) is 5.32 Å². The molecule has 0 aliphatic heterocycles. The van der Waals surface area contributed by atoms with Crippen molar-refractivity contribution < 1.29 is 9.53 Å². The Morgan fingerprint density at radius 2 is 1.85 bits per heavy atom. The van der Waals surface area contributed by atoms with E-state index in [9.17, 15) is 4.79 Å². The van der Waals surface area contributed by atoms with Crippen LogP contribution in [0.5, 0.6) is 0 Å². The van der Waals surface area contributed by atoms with Gasteiger partial charge in [0.05, 0.1) is 11.8 Å². The topological polar surface area (TPSA) is 51.2 Å². The van der Waals surface area contributed by atoms with E-state index in [1.54, 1.807) is 6.20 Å². The Labute approximate surface area is 153 Å². The molecule has 132 valence electrons. The van der Waals surface area contributed by atoms with Gasteiger partial charge < -0.3 is 4.74 Å². The van der Waals surface area contributed by atoms with Crippen molar-refractivity contribution in [1.82, 2.24) is 4.98 Å². The van der Waals surface area contributed by atoms with Crippen LogP contribution in [0, 0.1) is 6.92 Å². The minimum absolute atomic E-state index is 0.161. The van der Waals surface area contributed by atoms with E-state index < -0.39 is 6.09 Å². The number of benzene rings is 2. The lowest BCUT2D eigenvalue weighted by atomic mass is 9.93. The summed E-state index contributed by atoms with van der Waals surface area (Å²) in [6, 6.07) is 19.8. The van der Waals surface area contributed by atoms with Crippen molar-refractivity contribution in [3.63, 3.8) is 0 Å². The number of amides is 1. The van der Waals surface area contributed by atoms with Gasteiger partial charge in [-0.3, -0.25) is 10.3 Å². The van der Waals surface area contributed by atoms with Crippen molar-refractivity contribution in [3.8, 4) is 22.4 Å². The number of anilines is 1. The quantitative estimate of drug-likeness (QED) is 0.661. The molecule has 0 saturated heterocycles. The first-order chi connectivity index (χ1) is 12.5. The molecule has 1 N–H and O–H groups in total. The van der Waals surface area contributed by atoms with Gasteiger partial charge in [-0.1, -0.05) is 36.4 Å². The fraction of sp³-hybridized carbons (Fsp3) is 0.182. The molecule has 0 spiro atoms. The van der Waals surface area contributed by atoms with Gasteiger partial charge in [0.25, 0.3) is 0 Å². The summed E-state index contributed by atoms with van der Waals surface area (Å²) >= 11 is 0. The SMILES string of the molecule is Cc1cccc(-c2cccc(NC(=O)OC(C)C)c2)c1-c1ccccn1. The second kappa shape index (κ2) is 7.83. The molecule has 26 heavy (non-hydrogen) atoms. The average molecular weight is 346 g/mol. The predicted molar refractivity (Wildman–Crippen MR) is 105 cm³/mol. The van der Waals surface area contributed by atoms with Crippen LogP contribution in [0.4, 0.5) is 10.5 Å². The summed E-state index contributed by atoms with van der Waals surface area (Å²) in [4.78, 5) is 16.4. The highest BCUT2D eigenvalue weighted by molar-refractivity contribution is 5.89. The van der Waals surface area contributed by atoms with Gasteiger partial charge in [-0.05, 0) is 61.7 Å². The minimum atomic E-state index is -0.452. The van der Waals surface area contributed by atoms with Crippen LogP contribution >= 0.6 is 0 Å². The lowest BCUT2D eigenvalue weighted by molar-refractivity contribution is 0.130. The number of carbonyl (C=O) groups is 1. The van der Waals surface area contributed by atoms with Crippen LogP contribution in [0.1, 0.15) is 19.4 Å². The van der Waals surface area contributed by atoms with Crippen molar-refractivity contribution in [2.24, 2.45) is 0 Å². The third-order valence-electron chi connectivity index (χ3n) is 3.96. The van der Waals surface area contributed by atoms with Gasteiger partial charge in [0.15, 0.2) is 0 Å². The van der Waals surface area contributed by atoms with E-state index in [0.29, 0.717) is 5.69 Å². The van der Waals surface area contributed by atoms with E-state index in [-0.39, 0.29) is 6.10 Å². The number of pyridine rings is 1. The normalized spacial score (nSPS) is 10.6. The van der Waals surface area contributed by atoms with E-state index in [2.05, 4.69) is 29.4 Å². The molecule has 1 aromatic heterocycles. The Morgan fingerprint density at radius 1 is 1.04 bits per heavy atom. The zero-order chi connectivity index (χ0) is 18.5. The smallest absolute Gasteiger partial charge is 0.411 e. The third-order valence-corrected chi connectivity index (χ3v) is 3.96. The first-order valence-corrected chi connectivity index (χ1v) is 8.63. The molecular formula is C22H22N2O2. The summed E-state index contributed by atoms with van der Waals surface area (Å²) in [7, 11) is 0. The Hall–Kier alpha value is -3.14. The molecule has 0 atom stereocenters. The Morgan fingerprint density at radius 3 is 2.58 bits per heavy atom. The molecule has 4 heteroatoms. The molecule has 0 bridgehead atoms. The third kappa shape index (κ3) is 4.09. The first-order valence-electron chi connectivity index (χ1n) is 8.63. The molecule has 0 aliphatic rings. The van der Waals surface area contributed by atoms with E-state index in [4.69, 9.17) is 4.74 Å². The summed E-state index contributed by atoms with van der Waals surface area (Å²) in [6.07, 6.45) is 1.18. The Balaban J connectivity index is 1.99. The molecule has 4 nitrogen and oxygen atoms in total. The molecule has 1 heterocycles. The molecule has 3 aromatic rings. The van der Waals surface area contributed by atoms with Gasteiger partial charge in [-0.25, -0.2) is 4.79 Å². The summed E-state index contributed by atoms with van der Waals surface area (Å²) < 4.78 is 5.15. The van der Waals surface area contributed by atoms with Crippen LogP contribution in [0.3, 0.4) is 0 Å². The summed E-state index contributed by atoms with van der Waals surface area (Å²) in [5.41, 5.74) is 5.95. The van der Waals surface area contributed by atoms with Crippen molar-refractivity contribution in [3.05, 3.63) is 72.4 Å². The lowest BCUT2D eigenvalue weighted by Gasteiger charge is -2.14. The summed E-state index contributed by atoms with van der Waals surface area (Å²) in [6.45, 7) is 5.72. The van der Waals surface area contributed by atoms with E-state index in [0.717, 1.165) is 27.9 Å². The van der Waals surface area contributed by atoms with Gasteiger partial charge in [0, 0.05) is 17.4 Å². The van der Waals surface area contributed by atoms with Crippen LogP contribution in [-0.4, -0.2) is 17.2 Å². The molecule has 0 aliphatic carbocycles. The number of carbonyl (C=O) groups excluding carboxylic acids is 1. The molecular weight excluding hydrogens is 324 g/mol. The standard InChI is InChI=1S/C22H22N2O2/c1-15(2)26-22(25)24-18-10-7-9-17(14-18)19-11-6-8-16(3)21(19)20-12-4-5-13-23-20/h4-15H,1-3H3,(H,24,25). The maximum atomic E-state index is 11.9. The van der Waals surface area contributed by atoms with Crippen LogP contribution < -0.4 is 5.32 Å². The van der Waals surface area contributed by atoms with Gasteiger partial charge in [0.1, 0.15) is 0 Å². The second-order valence-electron chi connectivity index (χ2n) is 6.37. The van der Waals surface area contributed by atoms with Crippen molar-refractivity contribution in [1.29, 1.82) is 0 Å². The zero-order valence-electron chi connectivity index (χ0n) is 15.2. The number of hydrogen-bond acceptors (Lipinski definition) is 3. The summed E-state index contributed by atoms with van der Waals surface area (Å²) in [5.74, 6) is 0. The van der Waals surface area contributed by atoms with Crippen LogP contribution in [0.25, 0.3) is 22.4 Å². The van der Waals surface area contributed by atoms with Crippen molar-refractivity contribution in [2.45, 2.75) is 26.9 Å². The van der Waals surface area contributed by atoms with Crippen LogP contribution in [-0.2, 0) is 4.74 Å². The Kier molecular flexibility index (Phi) is 5.32. The molecule has 0 unspecified atom stereocenters. The molecule has 0 saturated carbocycles. The number of nitrogens with one attached hydrogen (secondary N) is 1. The van der Waals surface area contributed by atoms with Gasteiger partial charge >= 0.3 is 6.09 Å². The number of aromatic nitrogens is 1. The number of aryl methyl sites for hydroxylation is 1. The van der Waals surface area contributed by atoms with Gasteiger partial charge in [-0.15, -0.1) is 0 Å². The van der Waals surface area contributed by atoms with E-state index in [1.807, 2.05) is 62.4 Å². The lowest BCUT2D eigenvalue weighted by Crippen LogP contribution is -2.17. The molecule has 0 radical (unpaired) electrons. The van der Waals surface area contributed by atoms with E-state index >= 15 is 0 Å². The highest BCUT2D eigenvalue weighted by Crippen LogP contribution is 2.34. The zero-order valence-corrected chi connectivity index (χ0v) is 15.2. The minimum Gasteiger partial charge on any atom is -0.447 e. The average Bonchev–Trinajstić information content (AvgIpc) is 2.61.